The molecular weight excluding hydrogens is 314 g/mol. The number of hydrogen-bond acceptors (Lipinski definition) is 2. The average Bonchev–Trinajstić information content (AvgIpc) is 3.08. The molecule has 1 aromatic carbocycles. The topological polar surface area (TPSA) is 27.1 Å². The molecule has 0 saturated heterocycles. The Bertz CT molecular complexity index is 638. The summed E-state index contributed by atoms with van der Waals surface area (Å²) < 4.78 is 21.5. The molecule has 1 heterocycles. The van der Waals surface area contributed by atoms with Gasteiger partial charge < -0.3 is 9.30 Å². The maximum absolute atomic E-state index is 13.7. The van der Waals surface area contributed by atoms with E-state index in [0.29, 0.717) is 36.1 Å². The van der Waals surface area contributed by atoms with Gasteiger partial charge >= 0.3 is 0 Å². The number of fused-ring (bicyclic) bond motifs is 1. The Morgan fingerprint density at radius 1 is 1.33 bits per heavy atom. The molecule has 1 fully saturated rings. The Labute approximate surface area is 133 Å². The van der Waals surface area contributed by atoms with Gasteiger partial charge in [0, 0.05) is 12.6 Å². The third-order valence-corrected chi connectivity index (χ3v) is 4.49. The Morgan fingerprint density at radius 3 is 2.81 bits per heavy atom. The van der Waals surface area contributed by atoms with Crippen molar-refractivity contribution in [1.82, 2.24) is 9.55 Å². The van der Waals surface area contributed by atoms with E-state index in [1.165, 1.54) is 25.0 Å². The molecule has 114 valence electrons. The molecule has 1 saturated carbocycles. The van der Waals surface area contributed by atoms with Crippen LogP contribution in [-0.2, 0) is 17.2 Å². The standard InChI is InChI=1S/C15H17Cl2FN2O/c16-9-15-19-13-7-11(17)12(18)8-14(13)20(15)5-6-21-10-3-1-2-4-10/h7-8,10H,1-6,9H2. The third-order valence-electron chi connectivity index (χ3n) is 3.96. The molecule has 1 aliphatic rings. The van der Waals surface area contributed by atoms with Crippen molar-refractivity contribution in [2.24, 2.45) is 0 Å². The van der Waals surface area contributed by atoms with Crippen molar-refractivity contribution in [3.05, 3.63) is 28.8 Å². The highest BCUT2D eigenvalue weighted by Gasteiger charge is 2.16. The second-order valence-electron chi connectivity index (χ2n) is 5.35. The minimum atomic E-state index is -0.442. The first-order chi connectivity index (χ1) is 10.2. The molecule has 2 aromatic rings. The van der Waals surface area contributed by atoms with Crippen LogP contribution in [0.15, 0.2) is 12.1 Å². The number of hydrogen-bond donors (Lipinski definition) is 0. The van der Waals surface area contributed by atoms with Gasteiger partial charge in [0.2, 0.25) is 0 Å². The number of halogens is 3. The van der Waals surface area contributed by atoms with E-state index >= 15 is 0 Å². The molecule has 1 aliphatic carbocycles. The maximum Gasteiger partial charge on any atom is 0.144 e. The van der Waals surface area contributed by atoms with Crippen LogP contribution in [0.25, 0.3) is 11.0 Å². The Morgan fingerprint density at radius 2 is 2.10 bits per heavy atom. The molecule has 0 aliphatic heterocycles. The van der Waals surface area contributed by atoms with Gasteiger partial charge in [-0.05, 0) is 18.9 Å². The first-order valence-electron chi connectivity index (χ1n) is 7.21. The SMILES string of the molecule is Fc1cc2c(cc1Cl)nc(CCl)n2CCOC1CCCC1. The molecule has 0 bridgehead atoms. The van der Waals surface area contributed by atoms with Gasteiger partial charge in [-0.15, -0.1) is 11.6 Å². The van der Waals surface area contributed by atoms with E-state index in [1.54, 1.807) is 0 Å². The fourth-order valence-electron chi connectivity index (χ4n) is 2.89. The molecule has 6 heteroatoms. The summed E-state index contributed by atoms with van der Waals surface area (Å²) in [6, 6.07) is 2.95. The molecule has 1 aromatic heterocycles. The predicted molar refractivity (Wildman–Crippen MR) is 82.5 cm³/mol. The van der Waals surface area contributed by atoms with E-state index in [9.17, 15) is 4.39 Å². The molecule has 21 heavy (non-hydrogen) atoms. The molecule has 3 nitrogen and oxygen atoms in total. The number of nitrogens with zero attached hydrogens (tertiary/aromatic N) is 2. The first kappa shape index (κ1) is 15.1. The van der Waals surface area contributed by atoms with Gasteiger partial charge in [0.15, 0.2) is 0 Å². The number of aromatic nitrogens is 2. The normalized spacial score (nSPS) is 16.1. The van der Waals surface area contributed by atoms with E-state index in [1.807, 2.05) is 4.57 Å². The van der Waals surface area contributed by atoms with Gasteiger partial charge in [0.05, 0.1) is 34.6 Å². The summed E-state index contributed by atoms with van der Waals surface area (Å²) in [4.78, 5) is 4.41. The van der Waals surface area contributed by atoms with Crippen LogP contribution in [-0.4, -0.2) is 22.3 Å². The minimum absolute atomic E-state index is 0.0791. The van der Waals surface area contributed by atoms with E-state index in [-0.39, 0.29) is 10.9 Å². The zero-order valence-corrected chi connectivity index (χ0v) is 13.1. The van der Waals surface area contributed by atoms with Crippen LogP contribution < -0.4 is 0 Å². The smallest absolute Gasteiger partial charge is 0.144 e. The van der Waals surface area contributed by atoms with Crippen LogP contribution in [0.2, 0.25) is 5.02 Å². The van der Waals surface area contributed by atoms with Crippen molar-refractivity contribution in [3.8, 4) is 0 Å². The van der Waals surface area contributed by atoms with Crippen LogP contribution in [0.1, 0.15) is 31.5 Å². The summed E-state index contributed by atoms with van der Waals surface area (Å²) in [5.74, 6) is 0.545. The highest BCUT2D eigenvalue weighted by atomic mass is 35.5. The number of ether oxygens (including phenoxy) is 1. The summed E-state index contributed by atoms with van der Waals surface area (Å²) >= 11 is 11.7. The van der Waals surface area contributed by atoms with Gasteiger partial charge in [-0.25, -0.2) is 9.37 Å². The number of rotatable bonds is 5. The van der Waals surface area contributed by atoms with Crippen molar-refractivity contribution in [3.63, 3.8) is 0 Å². The van der Waals surface area contributed by atoms with Crippen molar-refractivity contribution in [1.29, 1.82) is 0 Å². The zero-order valence-electron chi connectivity index (χ0n) is 11.6. The summed E-state index contributed by atoms with van der Waals surface area (Å²) in [5.41, 5.74) is 1.38. The largest absolute Gasteiger partial charge is 0.376 e. The fourth-order valence-corrected chi connectivity index (χ4v) is 3.25. The van der Waals surface area contributed by atoms with Crippen LogP contribution in [0, 0.1) is 5.82 Å². The first-order valence-corrected chi connectivity index (χ1v) is 8.12. The second-order valence-corrected chi connectivity index (χ2v) is 6.02. The lowest BCUT2D eigenvalue weighted by Crippen LogP contribution is -2.14. The highest BCUT2D eigenvalue weighted by molar-refractivity contribution is 6.31. The van der Waals surface area contributed by atoms with E-state index in [0.717, 1.165) is 12.8 Å². The van der Waals surface area contributed by atoms with E-state index in [4.69, 9.17) is 27.9 Å². The molecule has 0 radical (unpaired) electrons. The van der Waals surface area contributed by atoms with Crippen LogP contribution in [0.4, 0.5) is 4.39 Å². The molecule has 0 amide bonds. The van der Waals surface area contributed by atoms with Gasteiger partial charge in [-0.2, -0.15) is 0 Å². The quantitative estimate of drug-likeness (QED) is 0.753. The Kier molecular flexibility index (Phi) is 4.67. The molecule has 0 N–H and O–H groups in total. The minimum Gasteiger partial charge on any atom is -0.376 e. The van der Waals surface area contributed by atoms with E-state index < -0.39 is 5.82 Å². The predicted octanol–water partition coefficient (Wildman–Crippen LogP) is 4.53. The lowest BCUT2D eigenvalue weighted by atomic mass is 10.3. The van der Waals surface area contributed by atoms with E-state index in [2.05, 4.69) is 4.98 Å². The molecule has 3 rings (SSSR count). The monoisotopic (exact) mass is 330 g/mol. The van der Waals surface area contributed by atoms with Crippen LogP contribution in [0.5, 0.6) is 0 Å². The number of benzene rings is 1. The van der Waals surface area contributed by atoms with Crippen LogP contribution in [0.3, 0.4) is 0 Å². The molecule has 0 unspecified atom stereocenters. The van der Waals surface area contributed by atoms with Crippen molar-refractivity contribution >= 4 is 34.2 Å². The second kappa shape index (κ2) is 6.51. The maximum atomic E-state index is 13.7. The molecule has 0 spiro atoms. The lowest BCUT2D eigenvalue weighted by Gasteiger charge is -2.13. The average molecular weight is 331 g/mol. The van der Waals surface area contributed by atoms with Crippen molar-refractivity contribution in [2.75, 3.05) is 6.61 Å². The van der Waals surface area contributed by atoms with Gasteiger partial charge in [0.1, 0.15) is 11.6 Å². The molecular formula is C15H17Cl2FN2O. The Balaban J connectivity index is 1.80. The third kappa shape index (κ3) is 3.17. The van der Waals surface area contributed by atoms with Gasteiger partial charge in [-0.1, -0.05) is 24.4 Å². The van der Waals surface area contributed by atoms with Crippen molar-refractivity contribution < 1.29 is 9.13 Å². The lowest BCUT2D eigenvalue weighted by molar-refractivity contribution is 0.0532. The highest BCUT2D eigenvalue weighted by Crippen LogP contribution is 2.25. The summed E-state index contributed by atoms with van der Waals surface area (Å²) in [7, 11) is 0. The summed E-state index contributed by atoms with van der Waals surface area (Å²) in [6.45, 7) is 1.21. The van der Waals surface area contributed by atoms with Crippen LogP contribution >= 0.6 is 23.2 Å². The fraction of sp³-hybridized carbons (Fsp3) is 0.533. The Hall–Kier alpha value is -0.840. The number of imidazole rings is 1. The molecule has 0 atom stereocenters. The zero-order chi connectivity index (χ0) is 14.8. The summed E-state index contributed by atoms with van der Waals surface area (Å²) in [6.07, 6.45) is 5.13. The van der Waals surface area contributed by atoms with Crippen molar-refractivity contribution in [2.45, 2.75) is 44.2 Å². The van der Waals surface area contributed by atoms with Gasteiger partial charge in [0.25, 0.3) is 0 Å². The summed E-state index contributed by atoms with van der Waals surface area (Å²) in [5, 5.41) is 0.0791. The number of alkyl halides is 1. The van der Waals surface area contributed by atoms with Gasteiger partial charge in [-0.3, -0.25) is 0 Å².